The Balaban J connectivity index is 1.00. The maximum absolute atomic E-state index is 13.1. The largest absolute Gasteiger partial charge is 0.493 e. The van der Waals surface area contributed by atoms with Crippen LogP contribution in [-0.2, 0) is 36.1 Å². The zero-order valence-electron chi connectivity index (χ0n) is 34.8. The molecule has 7 nitrogen and oxygen atoms in total. The Bertz CT molecular complexity index is 2240. The van der Waals surface area contributed by atoms with Gasteiger partial charge in [0.05, 0.1) is 6.61 Å². The van der Waals surface area contributed by atoms with Crippen LogP contribution in [0.2, 0.25) is 5.02 Å². The summed E-state index contributed by atoms with van der Waals surface area (Å²) >= 11 is 6.34. The van der Waals surface area contributed by atoms with Crippen LogP contribution < -0.4 is 19.7 Å². The standard InChI is InChI=1S/C51H58ClN3O4/c1-35(33-59-47-20-26-53-46-17-7-10-36(2)48(46)47)28-40-30-39-18-19-44(58-34-38-13-8-16-43(29-38)55(3)27-21-37-11-5-4-6-12-37)32-45(39)50(40)22-24-51(25-23-50,49(56)57)54-42-15-9-14-41(52)31-42/h4-6,8-9,11-16,18-20,26,29,31-32,35-36,40,54H,7,10,17,21-25,27-28,30,33-34H2,1-3H3,(H,56,57)/t35-,36-,40+,50?,51?/m1/s1. The molecular weight excluding hydrogens is 754 g/mol. The van der Waals surface area contributed by atoms with Crippen molar-refractivity contribution in [1.82, 2.24) is 4.98 Å². The van der Waals surface area contributed by atoms with Crippen LogP contribution in [0.25, 0.3) is 0 Å². The highest BCUT2D eigenvalue weighted by Gasteiger charge is 2.54. The van der Waals surface area contributed by atoms with Gasteiger partial charge in [-0.3, -0.25) is 4.98 Å². The predicted molar refractivity (Wildman–Crippen MR) is 238 cm³/mol. The number of hydrogen-bond acceptors (Lipinski definition) is 6. The van der Waals surface area contributed by atoms with Gasteiger partial charge in [-0.2, -0.15) is 0 Å². The number of hydrogen-bond donors (Lipinski definition) is 2. The molecule has 3 aliphatic carbocycles. The molecule has 0 unspecified atom stereocenters. The van der Waals surface area contributed by atoms with E-state index in [2.05, 4.69) is 104 Å². The number of halogens is 1. The van der Waals surface area contributed by atoms with Crippen molar-refractivity contribution in [3.63, 3.8) is 0 Å². The van der Waals surface area contributed by atoms with Gasteiger partial charge >= 0.3 is 5.97 Å². The van der Waals surface area contributed by atoms with Crippen LogP contribution in [0.4, 0.5) is 11.4 Å². The number of pyridine rings is 1. The normalized spacial score (nSPS) is 22.6. The number of carboxylic acid groups (broad SMARTS) is 1. The van der Waals surface area contributed by atoms with E-state index < -0.39 is 11.5 Å². The van der Waals surface area contributed by atoms with Crippen LogP contribution in [-0.4, -0.2) is 41.8 Å². The molecule has 5 aromatic rings. The first-order valence-corrected chi connectivity index (χ1v) is 22.0. The Hall–Kier alpha value is -5.01. The van der Waals surface area contributed by atoms with Crippen molar-refractivity contribution >= 4 is 28.9 Å². The van der Waals surface area contributed by atoms with E-state index >= 15 is 0 Å². The van der Waals surface area contributed by atoms with Gasteiger partial charge in [-0.1, -0.05) is 80.0 Å². The molecule has 8 rings (SSSR count). The molecule has 1 saturated carbocycles. The van der Waals surface area contributed by atoms with E-state index in [4.69, 9.17) is 26.1 Å². The highest BCUT2D eigenvalue weighted by atomic mass is 35.5. The minimum absolute atomic E-state index is 0.177. The second-order valence-electron chi connectivity index (χ2n) is 17.6. The first-order chi connectivity index (χ1) is 28.6. The third-order valence-corrected chi connectivity index (χ3v) is 13.8. The first-order valence-electron chi connectivity index (χ1n) is 21.6. The van der Waals surface area contributed by atoms with Crippen LogP contribution in [0.5, 0.6) is 11.5 Å². The maximum atomic E-state index is 13.1. The highest BCUT2D eigenvalue weighted by molar-refractivity contribution is 6.30. The number of ether oxygens (including phenoxy) is 2. The van der Waals surface area contributed by atoms with Crippen LogP contribution in [0.3, 0.4) is 0 Å². The number of fused-ring (bicyclic) bond motifs is 3. The van der Waals surface area contributed by atoms with Gasteiger partial charge < -0.3 is 24.8 Å². The highest BCUT2D eigenvalue weighted by Crippen LogP contribution is 2.57. The minimum Gasteiger partial charge on any atom is -0.493 e. The summed E-state index contributed by atoms with van der Waals surface area (Å²) < 4.78 is 13.2. The van der Waals surface area contributed by atoms with Crippen molar-refractivity contribution in [1.29, 1.82) is 0 Å². The summed E-state index contributed by atoms with van der Waals surface area (Å²) in [6, 6.07) is 35.3. The van der Waals surface area contributed by atoms with Gasteiger partial charge in [-0.25, -0.2) is 4.79 Å². The van der Waals surface area contributed by atoms with Gasteiger partial charge in [0.25, 0.3) is 0 Å². The number of rotatable bonds is 15. The van der Waals surface area contributed by atoms with E-state index in [-0.39, 0.29) is 5.41 Å². The van der Waals surface area contributed by atoms with Crippen molar-refractivity contribution in [2.45, 2.75) is 102 Å². The van der Waals surface area contributed by atoms with Gasteiger partial charge in [-0.15, -0.1) is 0 Å². The summed E-state index contributed by atoms with van der Waals surface area (Å²) in [4.78, 5) is 20.1. The summed E-state index contributed by atoms with van der Waals surface area (Å²) in [6.07, 6.45) is 10.7. The van der Waals surface area contributed by atoms with E-state index in [0.717, 1.165) is 67.8 Å². The van der Waals surface area contributed by atoms with Gasteiger partial charge in [0, 0.05) is 47.4 Å². The zero-order valence-corrected chi connectivity index (χ0v) is 35.5. The molecule has 0 bridgehead atoms. The van der Waals surface area contributed by atoms with Crippen molar-refractivity contribution < 1.29 is 19.4 Å². The molecule has 0 radical (unpaired) electrons. The lowest BCUT2D eigenvalue weighted by atomic mass is 9.59. The molecule has 1 spiro atoms. The monoisotopic (exact) mass is 811 g/mol. The molecule has 1 fully saturated rings. The number of nitrogens with zero attached hydrogens (tertiary/aromatic N) is 2. The minimum atomic E-state index is -1.08. The maximum Gasteiger partial charge on any atom is 0.329 e. The summed E-state index contributed by atoms with van der Waals surface area (Å²) in [5.74, 6) is 2.13. The molecule has 0 saturated heterocycles. The smallest absolute Gasteiger partial charge is 0.329 e. The molecule has 1 aromatic heterocycles. The number of carbonyl (C=O) groups is 1. The van der Waals surface area contributed by atoms with Crippen LogP contribution in [0, 0.1) is 11.8 Å². The number of carboxylic acids is 1. The Labute approximate surface area is 355 Å². The second kappa shape index (κ2) is 17.7. The van der Waals surface area contributed by atoms with E-state index in [9.17, 15) is 9.90 Å². The number of aliphatic carboxylic acids is 1. The fourth-order valence-corrected chi connectivity index (χ4v) is 10.5. The first kappa shape index (κ1) is 40.8. The van der Waals surface area contributed by atoms with Gasteiger partial charge in [0.1, 0.15) is 23.6 Å². The molecule has 308 valence electrons. The molecule has 3 atom stereocenters. The number of anilines is 2. The van der Waals surface area contributed by atoms with Crippen LogP contribution in [0.15, 0.2) is 109 Å². The Kier molecular flexibility index (Phi) is 12.2. The van der Waals surface area contributed by atoms with Crippen LogP contribution >= 0.6 is 11.6 Å². The zero-order chi connectivity index (χ0) is 41.0. The van der Waals surface area contributed by atoms with Crippen molar-refractivity contribution in [3.8, 4) is 11.5 Å². The molecule has 0 aliphatic heterocycles. The summed E-state index contributed by atoms with van der Waals surface area (Å²) in [5, 5.41) is 14.8. The van der Waals surface area contributed by atoms with Gasteiger partial charge in [0.2, 0.25) is 0 Å². The van der Waals surface area contributed by atoms with Crippen molar-refractivity contribution in [2.75, 3.05) is 30.4 Å². The van der Waals surface area contributed by atoms with Gasteiger partial charge in [0.15, 0.2) is 0 Å². The average Bonchev–Trinajstić information content (AvgIpc) is 3.53. The Morgan fingerprint density at radius 1 is 0.949 bits per heavy atom. The molecular formula is C51H58ClN3O4. The lowest BCUT2D eigenvalue weighted by molar-refractivity contribution is -0.144. The third kappa shape index (κ3) is 8.96. The molecule has 8 heteroatoms. The van der Waals surface area contributed by atoms with Crippen molar-refractivity contribution in [2.24, 2.45) is 11.8 Å². The van der Waals surface area contributed by atoms with E-state index in [0.29, 0.717) is 48.8 Å². The summed E-state index contributed by atoms with van der Waals surface area (Å²) in [5.41, 5.74) is 8.25. The number of likely N-dealkylation sites (N-methyl/N-ethyl adjacent to an activating group) is 1. The SMILES string of the molecule is C[C@@H](COc1ccnc2c1[C@H](C)CCC2)C[C@H]1Cc2ccc(OCc3cccc(N(C)CCc4ccccc4)c3)cc2C12CCC(Nc1cccc(Cl)c1)(C(=O)O)CC2. The second-order valence-corrected chi connectivity index (χ2v) is 18.1. The lowest BCUT2D eigenvalue weighted by Crippen LogP contribution is -2.53. The quantitative estimate of drug-likeness (QED) is 0.109. The number of nitrogens with one attached hydrogen (secondary N) is 1. The number of aryl methyl sites for hydroxylation is 1. The van der Waals surface area contributed by atoms with E-state index in [1.807, 2.05) is 36.5 Å². The fraction of sp³-hybridized carbons (Fsp3) is 0.412. The fourth-order valence-electron chi connectivity index (χ4n) is 10.3. The molecule has 2 N–H and O–H groups in total. The lowest BCUT2D eigenvalue weighted by Gasteiger charge is -2.47. The molecule has 1 heterocycles. The molecule has 3 aliphatic rings. The van der Waals surface area contributed by atoms with E-state index in [1.165, 1.54) is 46.5 Å². The van der Waals surface area contributed by atoms with Crippen molar-refractivity contribution in [3.05, 3.63) is 148 Å². The summed E-state index contributed by atoms with van der Waals surface area (Å²) in [6.45, 7) is 6.62. The Morgan fingerprint density at radius 3 is 2.54 bits per heavy atom. The topological polar surface area (TPSA) is 83.9 Å². The third-order valence-electron chi connectivity index (χ3n) is 13.6. The predicted octanol–water partition coefficient (Wildman–Crippen LogP) is 11.5. The van der Waals surface area contributed by atoms with Gasteiger partial charge in [-0.05, 0) is 158 Å². The molecule has 0 amide bonds. The molecule has 4 aromatic carbocycles. The van der Waals surface area contributed by atoms with Crippen LogP contribution in [0.1, 0.15) is 98.2 Å². The number of aromatic nitrogens is 1. The average molecular weight is 812 g/mol. The number of benzene rings is 4. The van der Waals surface area contributed by atoms with E-state index in [1.54, 1.807) is 0 Å². The Morgan fingerprint density at radius 2 is 1.75 bits per heavy atom. The summed E-state index contributed by atoms with van der Waals surface area (Å²) in [7, 11) is 2.15. The molecule has 59 heavy (non-hydrogen) atoms.